The Morgan fingerprint density at radius 2 is 2.06 bits per heavy atom. The van der Waals surface area contributed by atoms with Gasteiger partial charge in [0.1, 0.15) is 0 Å². The molecular weight excluding hydrogens is 204 g/mol. The Morgan fingerprint density at radius 3 is 2.62 bits per heavy atom. The molecule has 1 atom stereocenters. The third-order valence-corrected chi connectivity index (χ3v) is 2.76. The van der Waals surface area contributed by atoms with E-state index in [0.717, 1.165) is 38.8 Å². The standard InChI is InChI=1S/C12H26N2O2/c1-4-8-13-12(16)11(2)14(3)9-6-5-7-10-15/h11,15H,4-10H2,1-3H3,(H,13,16). The van der Waals surface area contributed by atoms with Gasteiger partial charge in [-0.3, -0.25) is 9.69 Å². The van der Waals surface area contributed by atoms with Crippen molar-refractivity contribution >= 4 is 5.91 Å². The molecule has 2 N–H and O–H groups in total. The van der Waals surface area contributed by atoms with Crippen LogP contribution in [0.2, 0.25) is 0 Å². The molecule has 1 amide bonds. The van der Waals surface area contributed by atoms with E-state index < -0.39 is 0 Å². The van der Waals surface area contributed by atoms with Crippen molar-refractivity contribution in [2.75, 3.05) is 26.7 Å². The van der Waals surface area contributed by atoms with Gasteiger partial charge in [-0.05, 0) is 46.2 Å². The molecule has 0 aliphatic carbocycles. The fourth-order valence-corrected chi connectivity index (χ4v) is 1.44. The van der Waals surface area contributed by atoms with Crippen LogP contribution in [0.15, 0.2) is 0 Å². The fourth-order valence-electron chi connectivity index (χ4n) is 1.44. The van der Waals surface area contributed by atoms with Gasteiger partial charge in [0.15, 0.2) is 0 Å². The van der Waals surface area contributed by atoms with Crippen LogP contribution in [0.4, 0.5) is 0 Å². The third-order valence-electron chi connectivity index (χ3n) is 2.76. The third kappa shape index (κ3) is 6.80. The maximum atomic E-state index is 11.6. The van der Waals surface area contributed by atoms with Crippen molar-refractivity contribution in [2.24, 2.45) is 0 Å². The van der Waals surface area contributed by atoms with Gasteiger partial charge < -0.3 is 10.4 Å². The molecule has 0 saturated heterocycles. The summed E-state index contributed by atoms with van der Waals surface area (Å²) in [5, 5.41) is 11.5. The largest absolute Gasteiger partial charge is 0.396 e. The maximum absolute atomic E-state index is 11.6. The average molecular weight is 230 g/mol. The molecule has 0 rings (SSSR count). The Hall–Kier alpha value is -0.610. The Morgan fingerprint density at radius 1 is 1.38 bits per heavy atom. The molecule has 16 heavy (non-hydrogen) atoms. The van der Waals surface area contributed by atoms with Crippen LogP contribution >= 0.6 is 0 Å². The van der Waals surface area contributed by atoms with Gasteiger partial charge in [0.2, 0.25) is 5.91 Å². The van der Waals surface area contributed by atoms with E-state index in [1.54, 1.807) is 0 Å². The smallest absolute Gasteiger partial charge is 0.237 e. The predicted molar refractivity (Wildman–Crippen MR) is 66.3 cm³/mol. The molecule has 4 heteroatoms. The summed E-state index contributed by atoms with van der Waals surface area (Å²) in [6.07, 6.45) is 3.87. The SMILES string of the molecule is CCCNC(=O)C(C)N(C)CCCCCO. The van der Waals surface area contributed by atoms with E-state index in [-0.39, 0.29) is 18.6 Å². The molecule has 0 bridgehead atoms. The minimum Gasteiger partial charge on any atom is -0.396 e. The molecular formula is C12H26N2O2. The molecule has 0 aromatic heterocycles. The van der Waals surface area contributed by atoms with Crippen molar-refractivity contribution in [1.82, 2.24) is 10.2 Å². The number of amides is 1. The molecule has 0 radical (unpaired) electrons. The van der Waals surface area contributed by atoms with Crippen molar-refractivity contribution in [1.29, 1.82) is 0 Å². The van der Waals surface area contributed by atoms with Crippen LogP contribution in [0.25, 0.3) is 0 Å². The van der Waals surface area contributed by atoms with Gasteiger partial charge in [0.05, 0.1) is 6.04 Å². The number of unbranched alkanes of at least 4 members (excludes halogenated alkanes) is 2. The van der Waals surface area contributed by atoms with E-state index in [9.17, 15) is 4.79 Å². The van der Waals surface area contributed by atoms with Gasteiger partial charge in [-0.25, -0.2) is 0 Å². The number of nitrogens with zero attached hydrogens (tertiary/aromatic N) is 1. The van der Waals surface area contributed by atoms with Crippen molar-refractivity contribution in [3.05, 3.63) is 0 Å². The summed E-state index contributed by atoms with van der Waals surface area (Å²) in [5.74, 6) is 0.103. The maximum Gasteiger partial charge on any atom is 0.237 e. The van der Waals surface area contributed by atoms with Crippen LogP contribution in [-0.2, 0) is 4.79 Å². The lowest BCUT2D eigenvalue weighted by atomic mass is 10.2. The second-order valence-electron chi connectivity index (χ2n) is 4.23. The molecule has 96 valence electrons. The zero-order chi connectivity index (χ0) is 12.4. The van der Waals surface area contributed by atoms with Crippen LogP contribution in [-0.4, -0.2) is 48.7 Å². The highest BCUT2D eigenvalue weighted by molar-refractivity contribution is 5.81. The van der Waals surface area contributed by atoms with Crippen LogP contribution in [0.1, 0.15) is 39.5 Å². The van der Waals surface area contributed by atoms with E-state index in [2.05, 4.69) is 10.2 Å². The highest BCUT2D eigenvalue weighted by Gasteiger charge is 2.16. The van der Waals surface area contributed by atoms with Gasteiger partial charge in [-0.15, -0.1) is 0 Å². The number of aliphatic hydroxyl groups is 1. The number of carbonyl (C=O) groups is 1. The normalized spacial score (nSPS) is 12.8. The molecule has 0 aromatic rings. The number of rotatable bonds is 9. The lowest BCUT2D eigenvalue weighted by Crippen LogP contribution is -2.43. The number of nitrogens with one attached hydrogen (secondary N) is 1. The molecule has 0 aromatic carbocycles. The van der Waals surface area contributed by atoms with Crippen molar-refractivity contribution in [3.63, 3.8) is 0 Å². The predicted octanol–water partition coefficient (Wildman–Crippen LogP) is 0.995. The number of carbonyl (C=O) groups excluding carboxylic acids is 1. The summed E-state index contributed by atoms with van der Waals surface area (Å²) in [7, 11) is 1.97. The molecule has 0 saturated carbocycles. The van der Waals surface area contributed by atoms with Gasteiger partial charge in [0, 0.05) is 13.2 Å². The minimum atomic E-state index is -0.0688. The monoisotopic (exact) mass is 230 g/mol. The number of aliphatic hydroxyl groups excluding tert-OH is 1. The first-order valence-electron chi connectivity index (χ1n) is 6.22. The molecule has 0 aliphatic heterocycles. The van der Waals surface area contributed by atoms with Crippen molar-refractivity contribution in [2.45, 2.75) is 45.6 Å². The van der Waals surface area contributed by atoms with E-state index in [1.165, 1.54) is 0 Å². The lowest BCUT2D eigenvalue weighted by Gasteiger charge is -2.23. The fraction of sp³-hybridized carbons (Fsp3) is 0.917. The van der Waals surface area contributed by atoms with Crippen molar-refractivity contribution in [3.8, 4) is 0 Å². The Kier molecular flexibility index (Phi) is 9.24. The number of hydrogen-bond donors (Lipinski definition) is 2. The van der Waals surface area contributed by atoms with Crippen LogP contribution in [0, 0.1) is 0 Å². The summed E-state index contributed by atoms with van der Waals surface area (Å²) >= 11 is 0. The van der Waals surface area contributed by atoms with E-state index in [1.807, 2.05) is 20.9 Å². The molecule has 1 unspecified atom stereocenters. The van der Waals surface area contributed by atoms with Crippen LogP contribution in [0.5, 0.6) is 0 Å². The topological polar surface area (TPSA) is 52.6 Å². The quantitative estimate of drug-likeness (QED) is 0.581. The highest BCUT2D eigenvalue weighted by atomic mass is 16.2. The van der Waals surface area contributed by atoms with E-state index >= 15 is 0 Å². The first kappa shape index (κ1) is 15.4. The van der Waals surface area contributed by atoms with E-state index in [0.29, 0.717) is 0 Å². The van der Waals surface area contributed by atoms with Gasteiger partial charge in [-0.1, -0.05) is 6.92 Å². The number of likely N-dealkylation sites (N-methyl/N-ethyl adjacent to an activating group) is 1. The van der Waals surface area contributed by atoms with Crippen LogP contribution < -0.4 is 5.32 Å². The Bertz CT molecular complexity index is 186. The second kappa shape index (κ2) is 9.60. The first-order chi connectivity index (χ1) is 7.63. The molecule has 0 spiro atoms. The van der Waals surface area contributed by atoms with Gasteiger partial charge in [0.25, 0.3) is 0 Å². The molecule has 0 fully saturated rings. The Balaban J connectivity index is 3.70. The highest BCUT2D eigenvalue weighted by Crippen LogP contribution is 2.01. The minimum absolute atomic E-state index is 0.0688. The summed E-state index contributed by atoms with van der Waals surface area (Å²) in [4.78, 5) is 13.7. The van der Waals surface area contributed by atoms with Gasteiger partial charge >= 0.3 is 0 Å². The first-order valence-corrected chi connectivity index (χ1v) is 6.22. The summed E-state index contributed by atoms with van der Waals surface area (Å²) < 4.78 is 0. The number of hydrogen-bond acceptors (Lipinski definition) is 3. The summed E-state index contributed by atoms with van der Waals surface area (Å²) in [5.41, 5.74) is 0. The van der Waals surface area contributed by atoms with Crippen molar-refractivity contribution < 1.29 is 9.90 Å². The molecule has 4 nitrogen and oxygen atoms in total. The summed E-state index contributed by atoms with van der Waals surface area (Å²) in [6, 6.07) is -0.0688. The molecule has 0 aliphatic rings. The lowest BCUT2D eigenvalue weighted by molar-refractivity contribution is -0.125. The second-order valence-corrected chi connectivity index (χ2v) is 4.23. The Labute approximate surface area is 99.0 Å². The van der Waals surface area contributed by atoms with Gasteiger partial charge in [-0.2, -0.15) is 0 Å². The zero-order valence-corrected chi connectivity index (χ0v) is 10.8. The zero-order valence-electron chi connectivity index (χ0n) is 10.8. The van der Waals surface area contributed by atoms with E-state index in [4.69, 9.17) is 5.11 Å². The summed E-state index contributed by atoms with van der Waals surface area (Å²) in [6.45, 7) is 5.89. The molecule has 0 heterocycles. The average Bonchev–Trinajstić information content (AvgIpc) is 2.30. The van der Waals surface area contributed by atoms with Crippen LogP contribution in [0.3, 0.4) is 0 Å².